The van der Waals surface area contributed by atoms with E-state index >= 15 is 0 Å². The maximum absolute atomic E-state index is 13.1. The first-order chi connectivity index (χ1) is 16.2. The molecule has 2 aliphatic rings. The minimum absolute atomic E-state index is 0.0685. The zero-order chi connectivity index (χ0) is 24.1. The Kier molecular flexibility index (Phi) is 5.70. The summed E-state index contributed by atoms with van der Waals surface area (Å²) in [7, 11) is 0. The molecule has 0 spiro atoms. The maximum atomic E-state index is 13.1. The molecular formula is C26H23ClN2O4S. The Morgan fingerprint density at radius 2 is 1.65 bits per heavy atom. The number of hydrogen-bond donors (Lipinski definition) is 0. The van der Waals surface area contributed by atoms with Crippen molar-refractivity contribution in [2.75, 3.05) is 6.79 Å². The number of thioether (sulfide) groups is 1. The molecule has 2 aromatic carbocycles. The van der Waals surface area contributed by atoms with Crippen LogP contribution < -0.4 is 9.47 Å². The van der Waals surface area contributed by atoms with Crippen LogP contribution in [0, 0.1) is 27.7 Å². The molecule has 2 aliphatic heterocycles. The molecule has 0 radical (unpaired) electrons. The predicted molar refractivity (Wildman–Crippen MR) is 134 cm³/mol. The summed E-state index contributed by atoms with van der Waals surface area (Å²) in [5, 5.41) is 0.0948. The summed E-state index contributed by atoms with van der Waals surface area (Å²) in [5.74, 6) is 0.780. The van der Waals surface area contributed by atoms with E-state index in [4.69, 9.17) is 21.1 Å². The van der Waals surface area contributed by atoms with Gasteiger partial charge in [0.25, 0.3) is 11.1 Å². The van der Waals surface area contributed by atoms with E-state index in [1.165, 1.54) is 16.0 Å². The van der Waals surface area contributed by atoms with Gasteiger partial charge < -0.3 is 14.0 Å². The molecular weight excluding hydrogens is 472 g/mol. The summed E-state index contributed by atoms with van der Waals surface area (Å²) >= 11 is 7.30. The summed E-state index contributed by atoms with van der Waals surface area (Å²) in [6.07, 6.45) is 1.80. The number of carbonyl (C=O) groups is 2. The van der Waals surface area contributed by atoms with Crippen LogP contribution in [0.4, 0.5) is 4.79 Å². The highest BCUT2D eigenvalue weighted by molar-refractivity contribution is 8.18. The summed E-state index contributed by atoms with van der Waals surface area (Å²) in [6, 6.07) is 11.8. The van der Waals surface area contributed by atoms with Crippen molar-refractivity contribution in [3.63, 3.8) is 0 Å². The number of imide groups is 1. The zero-order valence-electron chi connectivity index (χ0n) is 19.3. The van der Waals surface area contributed by atoms with Crippen LogP contribution in [0.2, 0.25) is 5.02 Å². The Morgan fingerprint density at radius 3 is 2.35 bits per heavy atom. The van der Waals surface area contributed by atoms with Crippen molar-refractivity contribution >= 4 is 40.6 Å². The number of benzene rings is 2. The lowest BCUT2D eigenvalue weighted by Crippen LogP contribution is -2.27. The van der Waals surface area contributed by atoms with E-state index in [1.54, 1.807) is 18.2 Å². The Balaban J connectivity index is 1.44. The van der Waals surface area contributed by atoms with Crippen LogP contribution in [0.25, 0.3) is 11.8 Å². The summed E-state index contributed by atoms with van der Waals surface area (Å²) < 4.78 is 12.9. The summed E-state index contributed by atoms with van der Waals surface area (Å²) in [4.78, 5) is 27.5. The first-order valence-electron chi connectivity index (χ1n) is 10.8. The lowest BCUT2D eigenvalue weighted by molar-refractivity contribution is -0.123. The first-order valence-corrected chi connectivity index (χ1v) is 12.0. The molecule has 1 aromatic heterocycles. The number of carbonyl (C=O) groups excluding carboxylic acids is 2. The zero-order valence-corrected chi connectivity index (χ0v) is 20.8. The lowest BCUT2D eigenvalue weighted by atomic mass is 10.1. The van der Waals surface area contributed by atoms with Gasteiger partial charge in [-0.3, -0.25) is 14.5 Å². The molecule has 2 amide bonds. The number of amides is 2. The SMILES string of the molecule is Cc1cc(C)cc(-n2c(C)cc(/C=C3\SC(=O)N(Cc4cc5c(cc4Cl)OCO5)C3=O)c2C)c1. The number of ether oxygens (including phenoxy) is 2. The van der Waals surface area contributed by atoms with Crippen LogP contribution in [0.15, 0.2) is 41.3 Å². The Morgan fingerprint density at radius 1 is 0.971 bits per heavy atom. The van der Waals surface area contributed by atoms with Crippen LogP contribution >= 0.6 is 23.4 Å². The molecule has 8 heteroatoms. The van der Waals surface area contributed by atoms with Crippen LogP contribution in [-0.2, 0) is 11.3 Å². The Hall–Kier alpha value is -3.16. The van der Waals surface area contributed by atoms with E-state index in [-0.39, 0.29) is 24.5 Å². The fraction of sp³-hybridized carbons (Fsp3) is 0.231. The van der Waals surface area contributed by atoms with Gasteiger partial charge in [-0.1, -0.05) is 17.7 Å². The van der Waals surface area contributed by atoms with Gasteiger partial charge in [-0.05, 0) is 92.1 Å². The smallest absolute Gasteiger partial charge is 0.293 e. The van der Waals surface area contributed by atoms with Crippen LogP contribution in [0.1, 0.15) is 33.6 Å². The molecule has 3 aromatic rings. The van der Waals surface area contributed by atoms with Crippen molar-refractivity contribution in [3.05, 3.63) is 80.0 Å². The molecule has 0 bridgehead atoms. The number of rotatable bonds is 4. The number of aromatic nitrogens is 1. The van der Waals surface area contributed by atoms with E-state index in [0.29, 0.717) is 27.0 Å². The van der Waals surface area contributed by atoms with Crippen molar-refractivity contribution in [1.82, 2.24) is 9.47 Å². The third-order valence-electron chi connectivity index (χ3n) is 5.97. The standard InChI is InChI=1S/C26H23ClN2O4S/c1-14-5-15(2)7-20(6-14)29-16(3)8-18(17(29)4)10-24-25(30)28(26(31)34-24)12-19-9-22-23(11-21(19)27)33-13-32-22/h5-11H,12-13H2,1-4H3/b24-10-. The molecule has 0 unspecified atom stereocenters. The van der Waals surface area contributed by atoms with Gasteiger partial charge >= 0.3 is 0 Å². The largest absolute Gasteiger partial charge is 0.454 e. The molecule has 0 aliphatic carbocycles. The minimum Gasteiger partial charge on any atom is -0.454 e. The fourth-order valence-electron chi connectivity index (χ4n) is 4.44. The Bertz CT molecular complexity index is 1370. The van der Waals surface area contributed by atoms with Crippen molar-refractivity contribution in [1.29, 1.82) is 0 Å². The summed E-state index contributed by atoms with van der Waals surface area (Å²) in [5.41, 5.74) is 7.05. The average molecular weight is 495 g/mol. The number of hydrogen-bond acceptors (Lipinski definition) is 5. The van der Waals surface area contributed by atoms with Gasteiger partial charge in [0.1, 0.15) is 0 Å². The van der Waals surface area contributed by atoms with Gasteiger partial charge in [-0.2, -0.15) is 0 Å². The highest BCUT2D eigenvalue weighted by Crippen LogP contribution is 2.39. The molecule has 174 valence electrons. The normalized spacial score (nSPS) is 16.3. The van der Waals surface area contributed by atoms with E-state index < -0.39 is 0 Å². The van der Waals surface area contributed by atoms with Crippen LogP contribution in [-0.4, -0.2) is 27.4 Å². The van der Waals surface area contributed by atoms with Gasteiger partial charge in [0, 0.05) is 28.2 Å². The number of fused-ring (bicyclic) bond motifs is 1. The molecule has 1 saturated heterocycles. The van der Waals surface area contributed by atoms with E-state index in [0.717, 1.165) is 34.4 Å². The molecule has 1 fully saturated rings. The van der Waals surface area contributed by atoms with Crippen molar-refractivity contribution < 1.29 is 19.1 Å². The second-order valence-electron chi connectivity index (χ2n) is 8.57. The average Bonchev–Trinajstić information content (AvgIpc) is 3.40. The topological polar surface area (TPSA) is 60.8 Å². The minimum atomic E-state index is -0.333. The second kappa shape index (κ2) is 8.56. The van der Waals surface area contributed by atoms with Gasteiger partial charge in [0.05, 0.1) is 11.4 Å². The van der Waals surface area contributed by atoms with Crippen molar-refractivity contribution in [2.24, 2.45) is 0 Å². The first kappa shape index (κ1) is 22.6. The fourth-order valence-corrected chi connectivity index (χ4v) is 5.48. The third kappa shape index (κ3) is 3.99. The van der Waals surface area contributed by atoms with Crippen LogP contribution in [0.3, 0.4) is 0 Å². The molecule has 34 heavy (non-hydrogen) atoms. The van der Waals surface area contributed by atoms with Gasteiger partial charge in [0.15, 0.2) is 11.5 Å². The highest BCUT2D eigenvalue weighted by Gasteiger charge is 2.36. The monoisotopic (exact) mass is 494 g/mol. The lowest BCUT2D eigenvalue weighted by Gasteiger charge is -2.14. The number of halogens is 1. The quantitative estimate of drug-likeness (QED) is 0.396. The molecule has 0 saturated carbocycles. The number of nitrogens with zero attached hydrogens (tertiary/aromatic N) is 2. The molecule has 5 rings (SSSR count). The molecule has 6 nitrogen and oxygen atoms in total. The molecule has 0 N–H and O–H groups in total. The maximum Gasteiger partial charge on any atom is 0.293 e. The van der Waals surface area contributed by atoms with Crippen LogP contribution in [0.5, 0.6) is 11.5 Å². The Labute approximate surface area is 207 Å². The predicted octanol–water partition coefficient (Wildman–Crippen LogP) is 6.33. The van der Waals surface area contributed by atoms with E-state index in [2.05, 4.69) is 36.6 Å². The van der Waals surface area contributed by atoms with Crippen molar-refractivity contribution in [2.45, 2.75) is 34.2 Å². The highest BCUT2D eigenvalue weighted by atomic mass is 35.5. The second-order valence-corrected chi connectivity index (χ2v) is 9.97. The van der Waals surface area contributed by atoms with Gasteiger partial charge in [-0.15, -0.1) is 0 Å². The molecule has 0 atom stereocenters. The van der Waals surface area contributed by atoms with E-state index in [9.17, 15) is 9.59 Å². The third-order valence-corrected chi connectivity index (χ3v) is 7.22. The van der Waals surface area contributed by atoms with E-state index in [1.807, 2.05) is 19.9 Å². The van der Waals surface area contributed by atoms with Gasteiger partial charge in [0.2, 0.25) is 6.79 Å². The molecule has 3 heterocycles. The van der Waals surface area contributed by atoms with Gasteiger partial charge in [-0.25, -0.2) is 0 Å². The summed E-state index contributed by atoms with van der Waals surface area (Å²) in [6.45, 7) is 8.41. The number of aryl methyl sites for hydroxylation is 3. The van der Waals surface area contributed by atoms with Crippen molar-refractivity contribution in [3.8, 4) is 17.2 Å².